The third-order valence-electron chi connectivity index (χ3n) is 5.06. The standard InChI is InChI=1S/C19H27N5O/c1-13-16(14(2)22-21-13)7-8-19(25)24-11-5-6-17(24)15-9-10-20-18(12-15)23(3)4/h9-10,12,17H,5-8,11H2,1-4H3,(H,21,22)/t17-/m0/s1. The van der Waals surface area contributed by atoms with Gasteiger partial charge in [0.05, 0.1) is 11.7 Å². The number of aromatic nitrogens is 3. The molecule has 0 radical (unpaired) electrons. The first-order chi connectivity index (χ1) is 12.0. The van der Waals surface area contributed by atoms with E-state index >= 15 is 0 Å². The molecule has 3 rings (SSSR count). The molecule has 2 aromatic rings. The van der Waals surface area contributed by atoms with Crippen molar-refractivity contribution >= 4 is 11.7 Å². The Hall–Kier alpha value is -2.37. The molecule has 0 aliphatic carbocycles. The van der Waals surface area contributed by atoms with Gasteiger partial charge in [0.25, 0.3) is 0 Å². The van der Waals surface area contributed by atoms with Crippen molar-refractivity contribution in [2.75, 3.05) is 25.5 Å². The van der Waals surface area contributed by atoms with Crippen LogP contribution in [0.2, 0.25) is 0 Å². The number of nitrogens with zero attached hydrogens (tertiary/aromatic N) is 4. The van der Waals surface area contributed by atoms with E-state index in [0.29, 0.717) is 6.42 Å². The van der Waals surface area contributed by atoms with Crippen LogP contribution in [0.25, 0.3) is 0 Å². The Morgan fingerprint density at radius 2 is 2.20 bits per heavy atom. The number of nitrogens with one attached hydrogen (secondary N) is 1. The molecule has 3 heterocycles. The highest BCUT2D eigenvalue weighted by Crippen LogP contribution is 2.33. The molecule has 0 saturated carbocycles. The van der Waals surface area contributed by atoms with Gasteiger partial charge < -0.3 is 9.80 Å². The van der Waals surface area contributed by atoms with Crippen LogP contribution in [0.5, 0.6) is 0 Å². The van der Waals surface area contributed by atoms with E-state index in [-0.39, 0.29) is 11.9 Å². The number of hydrogen-bond acceptors (Lipinski definition) is 4. The van der Waals surface area contributed by atoms with E-state index in [1.807, 2.05) is 50.0 Å². The summed E-state index contributed by atoms with van der Waals surface area (Å²) in [4.78, 5) is 21.3. The molecule has 1 saturated heterocycles. The van der Waals surface area contributed by atoms with Crippen LogP contribution in [-0.4, -0.2) is 46.6 Å². The number of hydrogen-bond donors (Lipinski definition) is 1. The lowest BCUT2D eigenvalue weighted by atomic mass is 10.0. The van der Waals surface area contributed by atoms with E-state index in [2.05, 4.69) is 21.2 Å². The number of anilines is 1. The van der Waals surface area contributed by atoms with Gasteiger partial charge in [-0.25, -0.2) is 4.98 Å². The molecular formula is C19H27N5O. The Labute approximate surface area is 149 Å². The number of amides is 1. The SMILES string of the molecule is Cc1n[nH]c(C)c1CCC(=O)N1CCC[C@H]1c1ccnc(N(C)C)c1. The van der Waals surface area contributed by atoms with Crippen LogP contribution in [0.4, 0.5) is 5.82 Å². The first-order valence-corrected chi connectivity index (χ1v) is 8.90. The van der Waals surface area contributed by atoms with Gasteiger partial charge in [-0.15, -0.1) is 0 Å². The monoisotopic (exact) mass is 341 g/mol. The summed E-state index contributed by atoms with van der Waals surface area (Å²) in [5, 5.41) is 7.21. The van der Waals surface area contributed by atoms with Crippen LogP contribution in [0.3, 0.4) is 0 Å². The van der Waals surface area contributed by atoms with Crippen LogP contribution in [-0.2, 0) is 11.2 Å². The van der Waals surface area contributed by atoms with Crippen molar-refractivity contribution in [3.63, 3.8) is 0 Å². The van der Waals surface area contributed by atoms with Crippen LogP contribution in [0.15, 0.2) is 18.3 Å². The van der Waals surface area contributed by atoms with E-state index in [1.54, 1.807) is 0 Å². The molecule has 1 atom stereocenters. The summed E-state index contributed by atoms with van der Waals surface area (Å²) in [5.41, 5.74) is 4.41. The minimum atomic E-state index is 0.167. The molecule has 1 amide bonds. The molecule has 1 aliphatic heterocycles. The van der Waals surface area contributed by atoms with Gasteiger partial charge in [-0.05, 0) is 56.4 Å². The van der Waals surface area contributed by atoms with E-state index in [1.165, 1.54) is 11.1 Å². The lowest BCUT2D eigenvalue weighted by Gasteiger charge is -2.26. The number of aromatic amines is 1. The Morgan fingerprint density at radius 1 is 1.40 bits per heavy atom. The predicted molar refractivity (Wildman–Crippen MR) is 98.6 cm³/mol. The van der Waals surface area contributed by atoms with Crippen LogP contribution in [0.1, 0.15) is 47.8 Å². The molecule has 0 aromatic carbocycles. The normalized spacial score (nSPS) is 17.1. The Bertz CT molecular complexity index is 733. The van der Waals surface area contributed by atoms with Gasteiger partial charge >= 0.3 is 0 Å². The largest absolute Gasteiger partial charge is 0.363 e. The molecule has 6 nitrogen and oxygen atoms in total. The van der Waals surface area contributed by atoms with Gasteiger partial charge in [0.1, 0.15) is 5.82 Å². The predicted octanol–water partition coefficient (Wildman–Crippen LogP) is 2.78. The fourth-order valence-corrected chi connectivity index (χ4v) is 3.62. The van der Waals surface area contributed by atoms with Gasteiger partial charge in [-0.2, -0.15) is 5.10 Å². The fraction of sp³-hybridized carbons (Fsp3) is 0.526. The second-order valence-corrected chi connectivity index (χ2v) is 7.00. The van der Waals surface area contributed by atoms with Crippen molar-refractivity contribution in [1.29, 1.82) is 0 Å². The van der Waals surface area contributed by atoms with Crippen molar-refractivity contribution in [2.45, 2.75) is 45.6 Å². The maximum atomic E-state index is 12.8. The van der Waals surface area contributed by atoms with Crippen LogP contribution in [0, 0.1) is 13.8 Å². The molecule has 1 N–H and O–H groups in total. The number of rotatable bonds is 5. The summed E-state index contributed by atoms with van der Waals surface area (Å²) < 4.78 is 0. The lowest BCUT2D eigenvalue weighted by Crippen LogP contribution is -2.31. The maximum Gasteiger partial charge on any atom is 0.223 e. The Kier molecular flexibility index (Phi) is 5.06. The number of carbonyl (C=O) groups excluding carboxylic acids is 1. The zero-order valence-corrected chi connectivity index (χ0v) is 15.5. The number of pyridine rings is 1. The molecular weight excluding hydrogens is 314 g/mol. The molecule has 1 aliphatic rings. The van der Waals surface area contributed by atoms with E-state index in [9.17, 15) is 4.79 Å². The zero-order chi connectivity index (χ0) is 18.0. The summed E-state index contributed by atoms with van der Waals surface area (Å²) in [5.74, 6) is 1.16. The van der Waals surface area contributed by atoms with Crippen LogP contribution >= 0.6 is 0 Å². The quantitative estimate of drug-likeness (QED) is 0.908. The van der Waals surface area contributed by atoms with E-state index in [0.717, 1.165) is 43.0 Å². The number of carbonyl (C=O) groups is 1. The average molecular weight is 341 g/mol. The highest BCUT2D eigenvalue weighted by atomic mass is 16.2. The summed E-state index contributed by atoms with van der Waals surface area (Å²) in [7, 11) is 3.97. The maximum absolute atomic E-state index is 12.8. The first kappa shape index (κ1) is 17.5. The van der Waals surface area contributed by atoms with Crippen molar-refractivity contribution in [3.8, 4) is 0 Å². The molecule has 0 unspecified atom stereocenters. The fourth-order valence-electron chi connectivity index (χ4n) is 3.62. The number of H-pyrrole nitrogens is 1. The van der Waals surface area contributed by atoms with Gasteiger partial charge in [-0.3, -0.25) is 9.89 Å². The second-order valence-electron chi connectivity index (χ2n) is 7.00. The highest BCUT2D eigenvalue weighted by molar-refractivity contribution is 5.77. The van der Waals surface area contributed by atoms with Crippen molar-refractivity contribution in [1.82, 2.24) is 20.1 Å². The molecule has 1 fully saturated rings. The smallest absolute Gasteiger partial charge is 0.223 e. The third kappa shape index (κ3) is 3.67. The van der Waals surface area contributed by atoms with E-state index < -0.39 is 0 Å². The minimum Gasteiger partial charge on any atom is -0.363 e. The minimum absolute atomic E-state index is 0.167. The van der Waals surface area contributed by atoms with Crippen molar-refractivity contribution in [3.05, 3.63) is 40.8 Å². The molecule has 6 heteroatoms. The molecule has 134 valence electrons. The first-order valence-electron chi connectivity index (χ1n) is 8.90. The Balaban J connectivity index is 1.71. The molecule has 0 bridgehead atoms. The molecule has 25 heavy (non-hydrogen) atoms. The summed E-state index contributed by atoms with van der Waals surface area (Å²) in [6.45, 7) is 4.84. The van der Waals surface area contributed by atoms with Gasteiger partial charge in [0, 0.05) is 39.0 Å². The topological polar surface area (TPSA) is 65.1 Å². The summed E-state index contributed by atoms with van der Waals surface area (Å²) in [6, 6.07) is 4.30. The Morgan fingerprint density at radius 3 is 2.88 bits per heavy atom. The lowest BCUT2D eigenvalue weighted by molar-refractivity contribution is -0.132. The second kappa shape index (κ2) is 7.25. The number of likely N-dealkylation sites (tertiary alicyclic amines) is 1. The van der Waals surface area contributed by atoms with Gasteiger partial charge in [0.15, 0.2) is 0 Å². The summed E-state index contributed by atoms with van der Waals surface area (Å²) >= 11 is 0. The summed E-state index contributed by atoms with van der Waals surface area (Å²) in [6.07, 6.45) is 5.19. The molecule has 2 aromatic heterocycles. The third-order valence-corrected chi connectivity index (χ3v) is 5.06. The number of aryl methyl sites for hydroxylation is 2. The van der Waals surface area contributed by atoms with Crippen molar-refractivity contribution in [2.24, 2.45) is 0 Å². The van der Waals surface area contributed by atoms with Gasteiger partial charge in [-0.1, -0.05) is 0 Å². The average Bonchev–Trinajstić information content (AvgIpc) is 3.20. The highest BCUT2D eigenvalue weighted by Gasteiger charge is 2.30. The van der Waals surface area contributed by atoms with E-state index in [4.69, 9.17) is 0 Å². The van der Waals surface area contributed by atoms with Crippen LogP contribution < -0.4 is 4.90 Å². The molecule has 0 spiro atoms. The van der Waals surface area contributed by atoms with Crippen molar-refractivity contribution < 1.29 is 4.79 Å². The zero-order valence-electron chi connectivity index (χ0n) is 15.5. The van der Waals surface area contributed by atoms with Gasteiger partial charge in [0.2, 0.25) is 5.91 Å².